The number of aryl methyl sites for hydroxylation is 2. The van der Waals surface area contributed by atoms with Crippen LogP contribution in [0.5, 0.6) is 0 Å². The van der Waals surface area contributed by atoms with Crippen LogP contribution in [0.1, 0.15) is 155 Å². The first-order valence-corrected chi connectivity index (χ1v) is 33.4. The van der Waals surface area contributed by atoms with E-state index in [2.05, 4.69) is 147 Å². The molecule has 3 aromatic heterocycles. The summed E-state index contributed by atoms with van der Waals surface area (Å²) in [5.74, 6) is 5.64. The van der Waals surface area contributed by atoms with Crippen molar-refractivity contribution in [2.45, 2.75) is 177 Å². The molecule has 8 aromatic rings. The maximum absolute atomic E-state index is 13.6. The molecule has 12 rings (SSSR count). The Balaban J connectivity index is 0.000000149. The Labute approximate surface area is 538 Å². The van der Waals surface area contributed by atoms with Crippen molar-refractivity contribution < 1.29 is 4.39 Å². The fourth-order valence-corrected chi connectivity index (χ4v) is 11.6. The molecule has 3 aliphatic carbocycles. The maximum Gasteiger partial charge on any atom is 0.229 e. The van der Waals surface area contributed by atoms with Gasteiger partial charge in [0.2, 0.25) is 17.8 Å². The third kappa shape index (κ3) is 16.9. The van der Waals surface area contributed by atoms with E-state index in [1.165, 1.54) is 81.4 Å². The molecule has 15 nitrogen and oxygen atoms in total. The van der Waals surface area contributed by atoms with Crippen LogP contribution >= 0.6 is 11.6 Å². The van der Waals surface area contributed by atoms with E-state index in [0.29, 0.717) is 42.1 Å². The Kier molecular flexibility index (Phi) is 21.3. The Morgan fingerprint density at radius 2 is 1.21 bits per heavy atom. The standard InChI is InChI=1S/C26H39N5.C24H28ClN5.C23H30FN5/c1-18(26(2,3)4)29-24-22-12-8-11-21(20-13-15-27-16-14-20)23(22)30-25(31-24)28-17-19-9-6-5-7-10-19;1-14-9-12-18(13-20(14)25)28-24-29-22-19(23(30-24)26-15(2)16-10-11-16)7-4-8-21(22)27-17-5-3-6-17;1-14-13-17(9-10-19(14)24)27-22-28-20-16(11-12-25)7-6-8-18(20)21(29-22)26-15(2)23(3,4)5/h8,11-13,18-19,27H,5-7,9-10,14-17H2,1-4H3,(H2,28,29,30,31);4,7-9,12-13,15-17,27H,3,5-6,10-11H2,1-2H3,(H2,26,28,29,30);6-10,13,15H,11-12,25H2,1-5H3,(H2,26,27,28,29)/t18-;2*15-/m111/s1. The SMILES string of the molecule is C[C@@H](Nc1nc(NCC2CCCCC2)nc2c(C3=CCNCC3)cccc12)C(C)(C)C.Cc1cc(Nc2nc(N[C@H](C)C(C)(C)C)c3cccc(CCN)c3n2)ccc1F.Cc1ccc(Nc2nc(N[C@H](C)C3CC3)c3cccc(NC4CCC4)c3n2)cc1Cl. The first kappa shape index (κ1) is 65.5. The highest BCUT2D eigenvalue weighted by atomic mass is 35.5. The van der Waals surface area contributed by atoms with Crippen molar-refractivity contribution >= 4 is 102 Å². The number of rotatable bonds is 19. The number of hydrogen-bond donors (Lipinski definition) is 9. The topological polar surface area (TPSA) is 200 Å². The molecule has 0 radical (unpaired) electrons. The number of aromatic nitrogens is 6. The minimum absolute atomic E-state index is 0.0633. The van der Waals surface area contributed by atoms with Gasteiger partial charge in [-0.25, -0.2) is 19.3 Å². The second kappa shape index (κ2) is 29.3. The molecule has 0 amide bonds. The van der Waals surface area contributed by atoms with Crippen LogP contribution in [0.3, 0.4) is 0 Å². The van der Waals surface area contributed by atoms with E-state index in [1.807, 2.05) is 43.3 Å². The predicted octanol–water partition coefficient (Wildman–Crippen LogP) is 17.5. The molecule has 17 heteroatoms. The van der Waals surface area contributed by atoms with E-state index in [9.17, 15) is 4.39 Å². The zero-order valence-corrected chi connectivity index (χ0v) is 55.8. The number of nitrogens with one attached hydrogen (secondary N) is 8. The molecule has 3 atom stereocenters. The van der Waals surface area contributed by atoms with Crippen molar-refractivity contribution in [3.8, 4) is 0 Å². The predicted molar refractivity (Wildman–Crippen MR) is 378 cm³/mol. The van der Waals surface area contributed by atoms with E-state index in [1.54, 1.807) is 19.1 Å². The third-order valence-corrected chi connectivity index (χ3v) is 19.1. The lowest BCUT2D eigenvalue weighted by Gasteiger charge is -2.29. The highest BCUT2D eigenvalue weighted by molar-refractivity contribution is 6.31. The van der Waals surface area contributed by atoms with Crippen molar-refractivity contribution in [1.82, 2.24) is 35.2 Å². The maximum atomic E-state index is 13.6. The van der Waals surface area contributed by atoms with Crippen molar-refractivity contribution in [1.29, 1.82) is 0 Å². The number of anilines is 9. The first-order chi connectivity index (χ1) is 43.2. The van der Waals surface area contributed by atoms with Crippen molar-refractivity contribution in [3.05, 3.63) is 130 Å². The molecule has 1 aliphatic heterocycles. The Morgan fingerprint density at radius 3 is 1.81 bits per heavy atom. The number of halogens is 2. The van der Waals surface area contributed by atoms with E-state index in [0.717, 1.165) is 134 Å². The Hall–Kier alpha value is -7.40. The first-order valence-electron chi connectivity index (χ1n) is 33.0. The zero-order valence-electron chi connectivity index (χ0n) is 55.0. The minimum Gasteiger partial charge on any atom is -0.381 e. The van der Waals surface area contributed by atoms with Gasteiger partial charge in [-0.2, -0.15) is 15.0 Å². The largest absolute Gasteiger partial charge is 0.381 e. The van der Waals surface area contributed by atoms with Crippen molar-refractivity contribution in [2.75, 3.05) is 63.4 Å². The molecule has 0 unspecified atom stereocenters. The van der Waals surface area contributed by atoms with Gasteiger partial charge < -0.3 is 48.3 Å². The Bertz CT molecular complexity index is 3790. The van der Waals surface area contributed by atoms with Gasteiger partial charge in [-0.3, -0.25) is 0 Å². The zero-order chi connectivity index (χ0) is 63.7. The number of benzene rings is 5. The summed E-state index contributed by atoms with van der Waals surface area (Å²) in [7, 11) is 0. The Morgan fingerprint density at radius 1 is 0.622 bits per heavy atom. The summed E-state index contributed by atoms with van der Waals surface area (Å²) in [5, 5.41) is 32.1. The van der Waals surface area contributed by atoms with Gasteiger partial charge in [-0.15, -0.1) is 0 Å². The molecular weight excluding hydrogens is 1140 g/mol. The lowest BCUT2D eigenvalue weighted by molar-refractivity contribution is 0.359. The van der Waals surface area contributed by atoms with E-state index >= 15 is 0 Å². The summed E-state index contributed by atoms with van der Waals surface area (Å²) in [6, 6.07) is 31.2. The lowest BCUT2D eigenvalue weighted by atomic mass is 9.88. The summed E-state index contributed by atoms with van der Waals surface area (Å²) < 4.78 is 13.6. The molecule has 0 saturated heterocycles. The molecule has 0 spiro atoms. The quantitative estimate of drug-likeness (QED) is 0.0370. The van der Waals surface area contributed by atoms with Crippen LogP contribution in [0.15, 0.2) is 97.1 Å². The van der Waals surface area contributed by atoms with Gasteiger partial charge in [0.25, 0.3) is 0 Å². The molecule has 90 heavy (non-hydrogen) atoms. The van der Waals surface area contributed by atoms with Gasteiger partial charge in [-0.05, 0) is 205 Å². The van der Waals surface area contributed by atoms with Gasteiger partial charge in [0.15, 0.2) is 0 Å². The average Bonchev–Trinajstić information content (AvgIpc) is 0.954. The van der Waals surface area contributed by atoms with Crippen LogP contribution < -0.4 is 48.3 Å². The summed E-state index contributed by atoms with van der Waals surface area (Å²) in [5.41, 5.74) is 16.9. The number of nitrogens with two attached hydrogens (primary N) is 1. The number of nitrogens with zero attached hydrogens (tertiary/aromatic N) is 6. The molecule has 478 valence electrons. The van der Waals surface area contributed by atoms with Gasteiger partial charge in [-0.1, -0.05) is 115 Å². The van der Waals surface area contributed by atoms with Crippen LogP contribution in [-0.4, -0.2) is 80.3 Å². The van der Waals surface area contributed by atoms with E-state index in [4.69, 9.17) is 47.2 Å². The van der Waals surface area contributed by atoms with Crippen LogP contribution in [-0.2, 0) is 6.42 Å². The van der Waals surface area contributed by atoms with Crippen LogP contribution in [0, 0.1) is 42.3 Å². The van der Waals surface area contributed by atoms with Gasteiger partial charge in [0, 0.05) is 75.4 Å². The van der Waals surface area contributed by atoms with Crippen molar-refractivity contribution in [2.24, 2.45) is 28.4 Å². The summed E-state index contributed by atoms with van der Waals surface area (Å²) in [4.78, 5) is 29.2. The van der Waals surface area contributed by atoms with Crippen LogP contribution in [0.4, 0.5) is 56.8 Å². The fourth-order valence-electron chi connectivity index (χ4n) is 11.5. The second-order valence-corrected chi connectivity index (χ2v) is 28.1. The normalized spacial score (nSPS) is 16.5. The lowest BCUT2D eigenvalue weighted by Crippen LogP contribution is -2.31. The average molecular weight is 1240 g/mol. The molecular formula is C73H97ClFN15. The highest BCUT2D eigenvalue weighted by Gasteiger charge is 2.30. The molecule has 3 fully saturated rings. The molecule has 4 heterocycles. The molecule has 0 bridgehead atoms. The van der Waals surface area contributed by atoms with E-state index < -0.39 is 0 Å². The number of fused-ring (bicyclic) bond motifs is 3. The van der Waals surface area contributed by atoms with E-state index in [-0.39, 0.29) is 22.7 Å². The monoisotopic (exact) mass is 1240 g/mol. The second-order valence-electron chi connectivity index (χ2n) is 27.7. The van der Waals surface area contributed by atoms with Crippen molar-refractivity contribution in [3.63, 3.8) is 0 Å². The van der Waals surface area contributed by atoms with Gasteiger partial charge in [0.1, 0.15) is 28.8 Å². The third-order valence-electron chi connectivity index (χ3n) is 18.7. The fraction of sp³-hybridized carbons (Fsp3) is 0.479. The minimum atomic E-state index is -0.235. The number of hydrogen-bond acceptors (Lipinski definition) is 15. The van der Waals surface area contributed by atoms with Gasteiger partial charge >= 0.3 is 0 Å². The smallest absolute Gasteiger partial charge is 0.229 e. The van der Waals surface area contributed by atoms with Crippen LogP contribution in [0.25, 0.3) is 38.3 Å². The molecule has 10 N–H and O–H groups in total. The summed E-state index contributed by atoms with van der Waals surface area (Å²) >= 11 is 6.32. The molecule has 4 aliphatic rings. The van der Waals surface area contributed by atoms with Crippen LogP contribution in [0.2, 0.25) is 5.02 Å². The summed E-state index contributed by atoms with van der Waals surface area (Å²) in [6.07, 6.45) is 17.1. The summed E-state index contributed by atoms with van der Waals surface area (Å²) in [6.45, 7) is 27.2. The number of para-hydroxylation sites is 3. The molecule has 3 saturated carbocycles. The highest BCUT2D eigenvalue weighted by Crippen LogP contribution is 2.39. The van der Waals surface area contributed by atoms with Gasteiger partial charge in [0.05, 0.1) is 16.7 Å². The molecule has 5 aromatic carbocycles.